The Morgan fingerprint density at radius 2 is 2.27 bits per heavy atom. The molecule has 0 bridgehead atoms. The lowest BCUT2D eigenvalue weighted by Crippen LogP contribution is -2.41. The lowest BCUT2D eigenvalue weighted by Gasteiger charge is -2.36. The van der Waals surface area contributed by atoms with Gasteiger partial charge in [-0.25, -0.2) is 0 Å². The van der Waals surface area contributed by atoms with Crippen molar-refractivity contribution in [3.63, 3.8) is 0 Å². The summed E-state index contributed by atoms with van der Waals surface area (Å²) in [7, 11) is 3.82. The van der Waals surface area contributed by atoms with Crippen LogP contribution in [0.1, 0.15) is 37.3 Å². The Kier molecular flexibility index (Phi) is 4.58. The molecular weight excluding hydrogens is 393 g/mol. The summed E-state index contributed by atoms with van der Waals surface area (Å²) >= 11 is 2.55. The van der Waals surface area contributed by atoms with Crippen molar-refractivity contribution in [3.05, 3.63) is 23.3 Å². The molecule has 1 aromatic carbocycles. The van der Waals surface area contributed by atoms with Crippen molar-refractivity contribution in [2.75, 3.05) is 20.7 Å². The average molecular weight is 417 g/mol. The van der Waals surface area contributed by atoms with Gasteiger partial charge in [0.2, 0.25) is 0 Å². The number of halogens is 1. The van der Waals surface area contributed by atoms with Crippen LogP contribution in [0.15, 0.2) is 12.1 Å². The molecule has 1 saturated carbocycles. The van der Waals surface area contributed by atoms with E-state index in [1.54, 1.807) is 7.11 Å². The molecule has 0 radical (unpaired) electrons. The second-order valence-corrected chi connectivity index (χ2v) is 8.28. The molecule has 2 unspecified atom stereocenters. The first-order valence-corrected chi connectivity index (χ1v) is 9.00. The fourth-order valence-corrected chi connectivity index (χ4v) is 4.82. The van der Waals surface area contributed by atoms with E-state index < -0.39 is 0 Å². The van der Waals surface area contributed by atoms with E-state index >= 15 is 0 Å². The lowest BCUT2D eigenvalue weighted by molar-refractivity contribution is 0.0495. The standard InChI is InChI=1S/C17H24INO3/c1-4-19(2)10-11-5-6-13(21-3)16-15(11)17(18)8-7-12(20)9-14(17)22-16/h5-6,12,14,20H,4,7-10H2,1-3H3/t12?,14?,17-/m0/s1. The van der Waals surface area contributed by atoms with Gasteiger partial charge in [-0.15, -0.1) is 0 Å². The number of ether oxygens (including phenoxy) is 2. The molecule has 5 heteroatoms. The Morgan fingerprint density at radius 3 is 2.95 bits per heavy atom. The average Bonchev–Trinajstić information content (AvgIpc) is 2.81. The highest BCUT2D eigenvalue weighted by atomic mass is 127. The number of alkyl halides is 1. The largest absolute Gasteiger partial charge is 0.493 e. The second-order valence-electron chi connectivity index (χ2n) is 6.36. The molecule has 22 heavy (non-hydrogen) atoms. The van der Waals surface area contributed by atoms with Gasteiger partial charge >= 0.3 is 0 Å². The van der Waals surface area contributed by atoms with Crippen LogP contribution in [0.5, 0.6) is 11.5 Å². The summed E-state index contributed by atoms with van der Waals surface area (Å²) in [5.41, 5.74) is 2.60. The van der Waals surface area contributed by atoms with Crippen molar-refractivity contribution < 1.29 is 14.6 Å². The van der Waals surface area contributed by atoms with E-state index in [4.69, 9.17) is 9.47 Å². The first-order valence-electron chi connectivity index (χ1n) is 7.92. The molecule has 1 fully saturated rings. The van der Waals surface area contributed by atoms with Gasteiger partial charge in [0.05, 0.1) is 16.6 Å². The van der Waals surface area contributed by atoms with Crippen LogP contribution >= 0.6 is 22.6 Å². The van der Waals surface area contributed by atoms with Crippen LogP contribution < -0.4 is 9.47 Å². The van der Waals surface area contributed by atoms with Crippen molar-refractivity contribution in [1.29, 1.82) is 0 Å². The van der Waals surface area contributed by atoms with Crippen molar-refractivity contribution in [1.82, 2.24) is 4.90 Å². The molecule has 0 spiro atoms. The Hall–Kier alpha value is -0.530. The highest BCUT2D eigenvalue weighted by molar-refractivity contribution is 14.1. The molecule has 4 nitrogen and oxygen atoms in total. The van der Waals surface area contributed by atoms with E-state index in [-0.39, 0.29) is 15.6 Å². The fourth-order valence-electron chi connectivity index (χ4n) is 3.53. The first-order chi connectivity index (χ1) is 10.5. The van der Waals surface area contributed by atoms with Gasteiger partial charge in [-0.3, -0.25) is 0 Å². The third-order valence-corrected chi connectivity index (χ3v) is 6.69. The summed E-state index contributed by atoms with van der Waals surface area (Å²) in [5, 5.41) is 10.0. The van der Waals surface area contributed by atoms with Crippen LogP contribution in [0, 0.1) is 0 Å². The second kappa shape index (κ2) is 6.17. The molecule has 0 saturated heterocycles. The van der Waals surface area contributed by atoms with E-state index in [2.05, 4.69) is 47.5 Å². The van der Waals surface area contributed by atoms with Gasteiger partial charge in [0, 0.05) is 18.5 Å². The number of rotatable bonds is 4. The normalized spacial score (nSPS) is 29.9. The molecule has 1 heterocycles. The van der Waals surface area contributed by atoms with Gasteiger partial charge in [0.1, 0.15) is 6.10 Å². The van der Waals surface area contributed by atoms with Gasteiger partial charge < -0.3 is 19.5 Å². The van der Waals surface area contributed by atoms with Crippen molar-refractivity contribution in [3.8, 4) is 11.5 Å². The predicted octanol–water partition coefficient (Wildman–Crippen LogP) is 3.08. The Bertz CT molecular complexity index is 565. The molecule has 2 aliphatic rings. The first kappa shape index (κ1) is 16.3. The lowest BCUT2D eigenvalue weighted by atomic mass is 9.80. The van der Waals surface area contributed by atoms with E-state index in [1.165, 1.54) is 11.1 Å². The maximum atomic E-state index is 10.0. The number of hydrogen-bond acceptors (Lipinski definition) is 4. The monoisotopic (exact) mass is 417 g/mol. The zero-order valence-electron chi connectivity index (χ0n) is 13.4. The molecule has 3 atom stereocenters. The van der Waals surface area contributed by atoms with Crippen molar-refractivity contribution >= 4 is 22.6 Å². The molecule has 122 valence electrons. The number of fused-ring (bicyclic) bond motifs is 3. The van der Waals surface area contributed by atoms with E-state index in [1.807, 2.05) is 6.07 Å². The van der Waals surface area contributed by atoms with E-state index in [0.717, 1.165) is 37.4 Å². The summed E-state index contributed by atoms with van der Waals surface area (Å²) in [6.45, 7) is 4.09. The molecule has 1 aliphatic carbocycles. The van der Waals surface area contributed by atoms with Crippen LogP contribution in [0.3, 0.4) is 0 Å². The Labute approximate surface area is 145 Å². The van der Waals surface area contributed by atoms with Crippen LogP contribution in [-0.4, -0.2) is 42.9 Å². The summed E-state index contributed by atoms with van der Waals surface area (Å²) in [5.74, 6) is 1.69. The quantitative estimate of drug-likeness (QED) is 0.604. The number of methoxy groups -OCH3 is 1. The third-order valence-electron chi connectivity index (χ3n) is 4.92. The van der Waals surface area contributed by atoms with Crippen LogP contribution in [0.25, 0.3) is 0 Å². The van der Waals surface area contributed by atoms with Crippen LogP contribution in [0.4, 0.5) is 0 Å². The predicted molar refractivity (Wildman–Crippen MR) is 95.0 cm³/mol. The van der Waals surface area contributed by atoms with Crippen molar-refractivity contribution in [2.45, 2.75) is 48.4 Å². The minimum absolute atomic E-state index is 0.0360. The number of hydrogen-bond donors (Lipinski definition) is 1. The van der Waals surface area contributed by atoms with Gasteiger partial charge in [-0.1, -0.05) is 35.6 Å². The van der Waals surface area contributed by atoms with Gasteiger partial charge in [0.25, 0.3) is 0 Å². The van der Waals surface area contributed by atoms with Crippen molar-refractivity contribution in [2.24, 2.45) is 0 Å². The maximum absolute atomic E-state index is 10.0. The maximum Gasteiger partial charge on any atom is 0.166 e. The van der Waals surface area contributed by atoms with Gasteiger partial charge in [0.15, 0.2) is 11.5 Å². The smallest absolute Gasteiger partial charge is 0.166 e. The summed E-state index contributed by atoms with van der Waals surface area (Å²) < 4.78 is 11.7. The number of aliphatic hydroxyl groups excluding tert-OH is 1. The number of aliphatic hydroxyl groups is 1. The topological polar surface area (TPSA) is 41.9 Å². The molecular formula is C17H24INO3. The summed E-state index contributed by atoms with van der Waals surface area (Å²) in [4.78, 5) is 2.30. The summed E-state index contributed by atoms with van der Waals surface area (Å²) in [6, 6.07) is 4.17. The summed E-state index contributed by atoms with van der Waals surface area (Å²) in [6.07, 6.45) is 2.26. The molecule has 3 rings (SSSR count). The Morgan fingerprint density at radius 1 is 1.50 bits per heavy atom. The minimum Gasteiger partial charge on any atom is -0.493 e. The molecule has 0 amide bonds. The van der Waals surface area contributed by atoms with Crippen LogP contribution in [-0.2, 0) is 9.97 Å². The van der Waals surface area contributed by atoms with Crippen LogP contribution in [0.2, 0.25) is 0 Å². The molecule has 1 N–H and O–H groups in total. The zero-order valence-corrected chi connectivity index (χ0v) is 15.6. The number of benzene rings is 1. The highest BCUT2D eigenvalue weighted by Gasteiger charge is 2.52. The molecule has 1 aliphatic heterocycles. The SMILES string of the molecule is CCN(C)Cc1ccc(OC)c2c1[C@]1(I)CCC(O)CC1O2. The van der Waals surface area contributed by atoms with Gasteiger partial charge in [-0.05, 0) is 38.1 Å². The van der Waals surface area contributed by atoms with E-state index in [0.29, 0.717) is 6.42 Å². The highest BCUT2D eigenvalue weighted by Crippen LogP contribution is 2.58. The van der Waals surface area contributed by atoms with E-state index in [9.17, 15) is 5.11 Å². The fraction of sp³-hybridized carbons (Fsp3) is 0.647. The molecule has 1 aromatic rings. The van der Waals surface area contributed by atoms with Gasteiger partial charge in [-0.2, -0.15) is 0 Å². The minimum atomic E-state index is -0.255. The third kappa shape index (κ3) is 2.61. The zero-order chi connectivity index (χ0) is 15.9. The number of nitrogens with zero attached hydrogens (tertiary/aromatic N) is 1. The molecule has 0 aromatic heterocycles. The Balaban J connectivity index is 2.06.